The van der Waals surface area contributed by atoms with Crippen LogP contribution in [0.2, 0.25) is 0 Å². The predicted octanol–water partition coefficient (Wildman–Crippen LogP) is 0.456. The quantitative estimate of drug-likeness (QED) is 0.453. The molecule has 1 aliphatic rings. The van der Waals surface area contributed by atoms with Crippen LogP contribution in [0.4, 0.5) is 5.82 Å². The Hall–Kier alpha value is -1.80. The van der Waals surface area contributed by atoms with Gasteiger partial charge in [-0.1, -0.05) is 12.2 Å². The van der Waals surface area contributed by atoms with Crippen LogP contribution in [0.5, 0.6) is 0 Å². The number of aromatic nitrogens is 4. The number of nitrogens with two attached hydrogens (primary N) is 1. The Kier molecular flexibility index (Phi) is 3.97. The molecule has 0 unspecified atom stereocenters. The smallest absolute Gasteiger partial charge is 0.325 e. The van der Waals surface area contributed by atoms with Crippen molar-refractivity contribution in [3.8, 4) is 0 Å². The van der Waals surface area contributed by atoms with Crippen molar-refractivity contribution in [2.24, 2.45) is 5.41 Å². The Balaban J connectivity index is 1.85. The van der Waals surface area contributed by atoms with Crippen molar-refractivity contribution in [3.63, 3.8) is 0 Å². The average Bonchev–Trinajstić information content (AvgIpc) is 3.09. The van der Waals surface area contributed by atoms with E-state index >= 15 is 0 Å². The van der Waals surface area contributed by atoms with Crippen molar-refractivity contribution < 1.29 is 19.5 Å². The lowest BCUT2D eigenvalue weighted by Crippen LogP contribution is -2.24. The van der Waals surface area contributed by atoms with E-state index in [4.69, 9.17) is 15.5 Å². The zero-order chi connectivity index (χ0) is 16.7. The molecule has 0 bridgehead atoms. The fraction of sp³-hybridized carbons (Fsp3) is 0.462. The van der Waals surface area contributed by atoms with E-state index in [2.05, 4.69) is 15.0 Å². The van der Waals surface area contributed by atoms with E-state index < -0.39 is 13.0 Å². The molecule has 5 N–H and O–H groups in total. The van der Waals surface area contributed by atoms with Crippen LogP contribution < -0.4 is 5.73 Å². The van der Waals surface area contributed by atoms with E-state index in [1.54, 1.807) is 6.33 Å². The van der Waals surface area contributed by atoms with Crippen molar-refractivity contribution in [2.75, 3.05) is 18.5 Å². The zero-order valence-electron chi connectivity index (χ0n) is 12.3. The summed E-state index contributed by atoms with van der Waals surface area (Å²) < 4.78 is 12.9. The van der Waals surface area contributed by atoms with Gasteiger partial charge in [-0.25, -0.2) is 15.0 Å². The Labute approximate surface area is 132 Å². The van der Waals surface area contributed by atoms with Gasteiger partial charge in [0.25, 0.3) is 0 Å². The van der Waals surface area contributed by atoms with Crippen molar-refractivity contribution in [1.29, 1.82) is 0 Å². The summed E-state index contributed by atoms with van der Waals surface area (Å²) in [6.07, 6.45) is 7.16. The maximum absolute atomic E-state index is 11.1. The SMILES string of the molecule is Nc1ncnc2c1ncn2[C@H]1C=C[C@@](CO)(CCP(=O)(O)O)C1. The van der Waals surface area contributed by atoms with Crippen molar-refractivity contribution in [2.45, 2.75) is 18.9 Å². The van der Waals surface area contributed by atoms with E-state index in [1.165, 1.54) is 6.33 Å². The number of hydrogen-bond donors (Lipinski definition) is 4. The summed E-state index contributed by atoms with van der Waals surface area (Å²) in [6.45, 7) is -0.177. The minimum Gasteiger partial charge on any atom is -0.395 e. The number of rotatable bonds is 5. The highest BCUT2D eigenvalue weighted by atomic mass is 31.2. The maximum Gasteiger partial charge on any atom is 0.325 e. The molecule has 1 aliphatic carbocycles. The first-order valence-electron chi connectivity index (χ1n) is 7.11. The van der Waals surface area contributed by atoms with Crippen LogP contribution in [0.15, 0.2) is 24.8 Å². The predicted molar refractivity (Wildman–Crippen MR) is 83.6 cm³/mol. The lowest BCUT2D eigenvalue weighted by Gasteiger charge is -2.26. The molecule has 9 nitrogen and oxygen atoms in total. The summed E-state index contributed by atoms with van der Waals surface area (Å²) in [4.78, 5) is 30.4. The van der Waals surface area contributed by atoms with Crippen LogP contribution in [0.3, 0.4) is 0 Å². The van der Waals surface area contributed by atoms with E-state index in [9.17, 15) is 9.67 Å². The molecule has 3 rings (SSSR count). The first-order chi connectivity index (χ1) is 10.8. The van der Waals surface area contributed by atoms with Gasteiger partial charge in [0.05, 0.1) is 25.1 Å². The Morgan fingerprint density at radius 1 is 1.39 bits per heavy atom. The largest absolute Gasteiger partial charge is 0.395 e. The van der Waals surface area contributed by atoms with Crippen LogP contribution in [0.1, 0.15) is 18.9 Å². The Morgan fingerprint density at radius 3 is 2.87 bits per heavy atom. The normalized spacial score (nSPS) is 24.6. The summed E-state index contributed by atoms with van der Waals surface area (Å²) in [5, 5.41) is 9.71. The zero-order valence-corrected chi connectivity index (χ0v) is 13.2. The third kappa shape index (κ3) is 3.13. The molecule has 2 aromatic rings. The molecule has 2 heterocycles. The second-order valence-electron chi connectivity index (χ2n) is 5.87. The Bertz CT molecular complexity index is 801. The highest BCUT2D eigenvalue weighted by Crippen LogP contribution is 2.46. The van der Waals surface area contributed by atoms with Crippen LogP contribution in [0.25, 0.3) is 11.2 Å². The molecule has 2 atom stereocenters. The number of allylic oxidation sites excluding steroid dienone is 1. The molecular weight excluding hydrogens is 321 g/mol. The van der Waals surface area contributed by atoms with Gasteiger partial charge in [-0.2, -0.15) is 0 Å². The molecule has 23 heavy (non-hydrogen) atoms. The molecule has 0 saturated carbocycles. The number of nitrogens with zero attached hydrogens (tertiary/aromatic N) is 4. The molecule has 124 valence electrons. The van der Waals surface area contributed by atoms with Gasteiger partial charge in [0, 0.05) is 5.41 Å². The van der Waals surface area contributed by atoms with Crippen LogP contribution in [-0.2, 0) is 4.57 Å². The number of hydrogen-bond acceptors (Lipinski definition) is 6. The molecule has 0 radical (unpaired) electrons. The van der Waals surface area contributed by atoms with Crippen molar-refractivity contribution in [1.82, 2.24) is 19.5 Å². The summed E-state index contributed by atoms with van der Waals surface area (Å²) in [7, 11) is -4.10. The number of anilines is 1. The third-order valence-corrected chi connectivity index (χ3v) is 5.05. The molecule has 0 aromatic carbocycles. The summed E-state index contributed by atoms with van der Waals surface area (Å²) in [6, 6.07) is -0.113. The van der Waals surface area contributed by atoms with Crippen molar-refractivity contribution in [3.05, 3.63) is 24.8 Å². The van der Waals surface area contributed by atoms with Gasteiger partial charge in [-0.05, 0) is 12.8 Å². The lowest BCUT2D eigenvalue weighted by atomic mass is 9.85. The minimum atomic E-state index is -4.10. The first kappa shape index (κ1) is 16.1. The molecule has 0 fully saturated rings. The van der Waals surface area contributed by atoms with Gasteiger partial charge in [0.2, 0.25) is 0 Å². The third-order valence-electron chi connectivity index (χ3n) is 4.25. The highest BCUT2D eigenvalue weighted by molar-refractivity contribution is 7.51. The number of fused-ring (bicyclic) bond motifs is 1. The van der Waals surface area contributed by atoms with Gasteiger partial charge in [-0.3, -0.25) is 4.57 Å². The molecule has 0 spiro atoms. The van der Waals surface area contributed by atoms with Gasteiger partial charge in [0.15, 0.2) is 11.5 Å². The second kappa shape index (κ2) is 5.68. The van der Waals surface area contributed by atoms with Crippen molar-refractivity contribution >= 4 is 24.6 Å². The molecule has 0 aliphatic heterocycles. The monoisotopic (exact) mass is 339 g/mol. The molecule has 0 amide bonds. The summed E-state index contributed by atoms with van der Waals surface area (Å²) in [5.74, 6) is 0.297. The summed E-state index contributed by atoms with van der Waals surface area (Å²) >= 11 is 0. The molecule has 10 heteroatoms. The average molecular weight is 339 g/mol. The van der Waals surface area contributed by atoms with Gasteiger partial charge in [-0.15, -0.1) is 0 Å². The van der Waals surface area contributed by atoms with E-state index in [1.807, 2.05) is 16.7 Å². The van der Waals surface area contributed by atoms with E-state index in [0.29, 0.717) is 23.4 Å². The van der Waals surface area contributed by atoms with Crippen LogP contribution >= 0.6 is 7.60 Å². The first-order valence-corrected chi connectivity index (χ1v) is 8.91. The number of imidazole rings is 1. The van der Waals surface area contributed by atoms with Gasteiger partial charge in [0.1, 0.15) is 11.8 Å². The topological polar surface area (TPSA) is 147 Å². The molecular formula is C13H18N5O4P. The standard InChI is InChI=1S/C13H18N5O4P/c14-11-10-12(16-7-15-11)18(8-17-10)9-1-2-13(5-9,6-19)3-4-23(20,21)22/h1-2,7-9,19H,3-6H2,(H2,14,15,16)(H2,20,21,22)/t9-,13+/m0/s1. The Morgan fingerprint density at radius 2 is 2.17 bits per heavy atom. The highest BCUT2D eigenvalue weighted by Gasteiger charge is 2.37. The van der Waals surface area contributed by atoms with Gasteiger partial charge >= 0.3 is 7.60 Å². The molecule has 2 aromatic heterocycles. The lowest BCUT2D eigenvalue weighted by molar-refractivity contribution is 0.153. The minimum absolute atomic E-state index is 0.113. The number of aliphatic hydroxyl groups is 1. The number of aliphatic hydroxyl groups excluding tert-OH is 1. The maximum atomic E-state index is 11.1. The van der Waals surface area contributed by atoms with Crippen LogP contribution in [-0.4, -0.2) is 47.2 Å². The van der Waals surface area contributed by atoms with Gasteiger partial charge < -0.3 is 25.2 Å². The summed E-state index contributed by atoms with van der Waals surface area (Å²) in [5.41, 5.74) is 6.22. The fourth-order valence-corrected chi connectivity index (χ4v) is 3.66. The van der Waals surface area contributed by atoms with Crippen LogP contribution in [0, 0.1) is 5.41 Å². The number of nitrogen functional groups attached to an aromatic ring is 1. The fourth-order valence-electron chi connectivity index (χ4n) is 2.92. The molecule has 0 saturated heterocycles. The van der Waals surface area contributed by atoms with E-state index in [-0.39, 0.29) is 25.2 Å². The second-order valence-corrected chi connectivity index (χ2v) is 7.65. The van der Waals surface area contributed by atoms with E-state index in [0.717, 1.165) is 0 Å².